The Morgan fingerprint density at radius 2 is 1.06 bits per heavy atom. The van der Waals surface area contributed by atoms with Crippen molar-refractivity contribution in [2.45, 2.75) is 45.7 Å². The summed E-state index contributed by atoms with van der Waals surface area (Å²) in [7, 11) is 0. The maximum atomic E-state index is 5.32. The van der Waals surface area contributed by atoms with Crippen LogP contribution in [0.1, 0.15) is 51.2 Å². The van der Waals surface area contributed by atoms with E-state index in [-0.39, 0.29) is 0 Å². The minimum absolute atomic E-state index is 0.601. The first kappa shape index (κ1) is 48.1. The van der Waals surface area contributed by atoms with E-state index in [4.69, 9.17) is 15.0 Å². The molecule has 0 N–H and O–H groups in total. The number of hydrogen-bond donors (Lipinski definition) is 0. The number of allylic oxidation sites excluding steroid dienone is 6. The van der Waals surface area contributed by atoms with Gasteiger partial charge in [0.2, 0.25) is 17.3 Å². The maximum Gasteiger partial charge on any atom is 0.344 e. The van der Waals surface area contributed by atoms with Gasteiger partial charge in [-0.15, -0.1) is 9.13 Å². The zero-order valence-electron chi connectivity index (χ0n) is 45.1. The lowest BCUT2D eigenvalue weighted by molar-refractivity contribution is -0.903. The van der Waals surface area contributed by atoms with E-state index < -0.39 is 0 Å². The van der Waals surface area contributed by atoms with Crippen molar-refractivity contribution in [2.75, 3.05) is 4.90 Å². The molecule has 0 saturated heterocycles. The third kappa shape index (κ3) is 8.75. The molecule has 2 aliphatic carbocycles. The van der Waals surface area contributed by atoms with Crippen LogP contribution in [0.25, 0.3) is 78.4 Å². The molecule has 0 spiro atoms. The number of rotatable bonds is 5. The number of fused-ring (bicyclic) bond motifs is 10. The van der Waals surface area contributed by atoms with Crippen molar-refractivity contribution >= 4 is 44.4 Å². The van der Waals surface area contributed by atoms with Gasteiger partial charge in [-0.3, -0.25) is 4.57 Å². The van der Waals surface area contributed by atoms with Gasteiger partial charge < -0.3 is 4.90 Å². The van der Waals surface area contributed by atoms with Crippen molar-refractivity contribution in [2.24, 2.45) is 0 Å². The predicted molar refractivity (Wildman–Crippen MR) is 328 cm³/mol. The Bertz CT molecular complexity index is 4430. The van der Waals surface area contributed by atoms with Gasteiger partial charge in [0.15, 0.2) is 24.0 Å². The van der Waals surface area contributed by atoms with Crippen LogP contribution in [0.15, 0.2) is 255 Å². The quantitative estimate of drug-likeness (QED) is 0.161. The molecule has 0 fully saturated rings. The average molecular weight is 1040 g/mol. The average Bonchev–Trinajstić information content (AvgIpc) is 3.97. The highest BCUT2D eigenvalue weighted by Gasteiger charge is 2.32. The molecule has 0 saturated carbocycles. The third-order valence-corrected chi connectivity index (χ3v) is 16.6. The lowest BCUT2D eigenvalue weighted by Crippen LogP contribution is -2.53. The molecule has 4 aromatic heterocycles. The van der Waals surface area contributed by atoms with Crippen LogP contribution in [0.4, 0.5) is 17.1 Å². The zero-order chi connectivity index (χ0) is 53.8. The summed E-state index contributed by atoms with van der Waals surface area (Å²) in [5.74, 6) is 1.89. The van der Waals surface area contributed by atoms with Crippen LogP contribution < -0.4 is 14.0 Å². The minimum atomic E-state index is 0.601. The van der Waals surface area contributed by atoms with Crippen LogP contribution in [-0.2, 0) is 32.4 Å². The molecular formula is C74H57N7+2. The minimum Gasteiger partial charge on any atom is -0.310 e. The number of pyridine rings is 2. The van der Waals surface area contributed by atoms with Gasteiger partial charge in [-0.05, 0) is 156 Å². The van der Waals surface area contributed by atoms with E-state index >= 15 is 0 Å². The van der Waals surface area contributed by atoms with Crippen molar-refractivity contribution in [3.8, 4) is 51.0 Å². The lowest BCUT2D eigenvalue weighted by atomic mass is 9.85. The molecule has 2 aliphatic heterocycles. The molecule has 12 aromatic rings. The normalized spacial score (nSPS) is 13.6. The number of nitrogens with zero attached hydrogens (tertiary/aromatic N) is 7. The summed E-state index contributed by atoms with van der Waals surface area (Å²) >= 11 is 0. The lowest BCUT2D eigenvalue weighted by Gasteiger charge is -2.28. The predicted octanol–water partition coefficient (Wildman–Crippen LogP) is 16.0. The fraction of sp³-hybridized carbons (Fsp3) is 0.0946. The maximum absolute atomic E-state index is 5.32. The largest absolute Gasteiger partial charge is 0.344 e. The highest BCUT2D eigenvalue weighted by molar-refractivity contribution is 6.11. The van der Waals surface area contributed by atoms with Gasteiger partial charge in [-0.2, -0.15) is 9.97 Å². The second kappa shape index (κ2) is 20.3. The van der Waals surface area contributed by atoms with Crippen LogP contribution >= 0.6 is 0 Å². The molecule has 4 aliphatic rings. The molecule has 0 unspecified atom stereocenters. The summed E-state index contributed by atoms with van der Waals surface area (Å²) in [6.45, 7) is 2.80. The standard InChI is InChI=1S/C67H49N7.C7H8/c1-2-5-17-45(16-4-1)65-68-66(46-18-6-3-7-19-46)70-67(69-65)74-63-35-30-49(40-57(63)58-41-50-38-47-20-8-9-21-48(47)39-51(50)42-64(58)74)44-28-31-52(32-29-44)73-61-26-14-22-53-55(61)33-34-56-54(23-15-27-62(56)73)60-25-11-13-37-72(60)43-71-36-12-10-24-59(53)71;1-7-5-3-2-4-6-7/h1,3-32,35-37,40-42H,2,33-34,38-39,43H2;2-6H,1H3/q+2;. The monoisotopic (exact) mass is 1040 g/mol. The highest BCUT2D eigenvalue weighted by Crippen LogP contribution is 2.47. The number of aromatic nitrogens is 6. The number of aryl methyl sites for hydroxylation is 1. The van der Waals surface area contributed by atoms with E-state index in [1.807, 2.05) is 36.4 Å². The Morgan fingerprint density at radius 1 is 0.457 bits per heavy atom. The van der Waals surface area contributed by atoms with Crippen molar-refractivity contribution < 1.29 is 9.13 Å². The van der Waals surface area contributed by atoms with Crippen LogP contribution in [0.5, 0.6) is 0 Å². The Kier molecular flexibility index (Phi) is 12.0. The van der Waals surface area contributed by atoms with Gasteiger partial charge in [0, 0.05) is 51.9 Å². The van der Waals surface area contributed by atoms with Gasteiger partial charge in [-0.1, -0.05) is 151 Å². The molecule has 81 heavy (non-hydrogen) atoms. The first-order chi connectivity index (χ1) is 40.1. The van der Waals surface area contributed by atoms with E-state index in [1.54, 1.807) is 0 Å². The Morgan fingerprint density at radius 3 is 1.73 bits per heavy atom. The second-order valence-corrected chi connectivity index (χ2v) is 21.6. The Hall–Kier alpha value is -10.1. The second-order valence-electron chi connectivity index (χ2n) is 21.6. The van der Waals surface area contributed by atoms with E-state index in [1.165, 1.54) is 78.2 Å². The van der Waals surface area contributed by atoms with E-state index in [0.717, 1.165) is 83.1 Å². The Labute approximate surface area is 472 Å². The molecule has 16 rings (SSSR count). The first-order valence-electron chi connectivity index (χ1n) is 28.2. The molecular weight excluding hydrogens is 987 g/mol. The third-order valence-electron chi connectivity index (χ3n) is 16.6. The molecule has 0 atom stereocenters. The van der Waals surface area contributed by atoms with Gasteiger partial charge in [-0.25, -0.2) is 4.98 Å². The van der Waals surface area contributed by atoms with E-state index in [2.05, 4.69) is 244 Å². The first-order valence-corrected chi connectivity index (χ1v) is 28.2. The molecule has 386 valence electrons. The van der Waals surface area contributed by atoms with Crippen molar-refractivity contribution in [3.63, 3.8) is 0 Å². The SMILES string of the molecule is C1=CCC=CC(c2nc(-c3ccccc3)nc(-n3c4ccc(-c5ccc(N6c7cccc8c7CCc7c(cccc76)-c6cccc[n+]6C[n+]6ccccc6-8)cc5)cc4c4cc5c(cc43)Cc3ccccc3C5)n2)=C1.Cc1ccccc1. The number of hydrogen-bond acceptors (Lipinski definition) is 4. The molecule has 7 heteroatoms. The fourth-order valence-electron chi connectivity index (χ4n) is 12.7. The Balaban J connectivity index is 0.000000752. The molecule has 0 amide bonds. The summed E-state index contributed by atoms with van der Waals surface area (Å²) < 4.78 is 7.05. The summed E-state index contributed by atoms with van der Waals surface area (Å²) in [5, 5.41) is 2.35. The molecule has 0 radical (unpaired) electrons. The van der Waals surface area contributed by atoms with Gasteiger partial charge >= 0.3 is 6.67 Å². The molecule has 2 bridgehead atoms. The smallest absolute Gasteiger partial charge is 0.310 e. The van der Waals surface area contributed by atoms with Crippen LogP contribution in [0.2, 0.25) is 0 Å². The summed E-state index contributed by atoms with van der Waals surface area (Å²) in [6.07, 6.45) is 19.6. The van der Waals surface area contributed by atoms with Gasteiger partial charge in [0.05, 0.1) is 33.5 Å². The molecule has 7 nitrogen and oxygen atoms in total. The summed E-state index contributed by atoms with van der Waals surface area (Å²) in [5.41, 5.74) is 24.5. The zero-order valence-corrected chi connectivity index (χ0v) is 45.1. The number of anilines is 3. The van der Waals surface area contributed by atoms with Gasteiger partial charge in [0.1, 0.15) is 0 Å². The van der Waals surface area contributed by atoms with Crippen LogP contribution in [0, 0.1) is 6.92 Å². The topological polar surface area (TPSA) is 54.6 Å². The summed E-state index contributed by atoms with van der Waals surface area (Å²) in [4.78, 5) is 18.2. The summed E-state index contributed by atoms with van der Waals surface area (Å²) in [6, 6.07) is 77.3. The molecule has 6 heterocycles. The fourth-order valence-corrected chi connectivity index (χ4v) is 12.7. The van der Waals surface area contributed by atoms with Crippen molar-refractivity contribution in [1.82, 2.24) is 19.5 Å². The highest BCUT2D eigenvalue weighted by atomic mass is 15.2. The van der Waals surface area contributed by atoms with Crippen molar-refractivity contribution in [1.29, 1.82) is 0 Å². The van der Waals surface area contributed by atoms with Crippen LogP contribution in [0.3, 0.4) is 0 Å². The van der Waals surface area contributed by atoms with Crippen molar-refractivity contribution in [3.05, 3.63) is 300 Å². The number of benzene rings is 8. The molecule has 8 aromatic carbocycles. The van der Waals surface area contributed by atoms with Gasteiger partial charge in [0.25, 0.3) is 0 Å². The van der Waals surface area contributed by atoms with E-state index in [9.17, 15) is 0 Å². The van der Waals surface area contributed by atoms with E-state index in [0.29, 0.717) is 17.6 Å². The van der Waals surface area contributed by atoms with Crippen LogP contribution in [-0.4, -0.2) is 19.5 Å².